The highest BCUT2D eigenvalue weighted by Gasteiger charge is 2.44. The SMILES string of the molecule is Cc1cc(C(F)(F)F)cc(N2CCC[C@]3(CC2)CN(C)C(=O)O3)n1. The second kappa shape index (κ2) is 5.82. The molecule has 0 saturated carbocycles. The van der Waals surface area contributed by atoms with Crippen LogP contribution in [-0.2, 0) is 10.9 Å². The topological polar surface area (TPSA) is 45.7 Å². The molecule has 132 valence electrons. The van der Waals surface area contributed by atoms with Gasteiger partial charge in [-0.2, -0.15) is 13.2 Å². The van der Waals surface area contributed by atoms with Gasteiger partial charge in [0.15, 0.2) is 0 Å². The maximum Gasteiger partial charge on any atom is 0.416 e. The number of alkyl halides is 3. The molecule has 0 radical (unpaired) electrons. The molecule has 0 N–H and O–H groups in total. The Morgan fingerprint density at radius 1 is 1.25 bits per heavy atom. The van der Waals surface area contributed by atoms with Crippen molar-refractivity contribution < 1.29 is 22.7 Å². The van der Waals surface area contributed by atoms with Crippen LogP contribution in [0, 0.1) is 6.92 Å². The van der Waals surface area contributed by atoms with Gasteiger partial charge in [0.25, 0.3) is 0 Å². The summed E-state index contributed by atoms with van der Waals surface area (Å²) >= 11 is 0. The third kappa shape index (κ3) is 3.27. The summed E-state index contributed by atoms with van der Waals surface area (Å²) in [5.41, 5.74) is -0.876. The largest absolute Gasteiger partial charge is 0.441 e. The molecule has 2 saturated heterocycles. The standard InChI is InChI=1S/C16H20F3N3O2/c1-11-8-12(16(17,18)19)9-13(20-11)22-6-3-4-15(5-7-22)10-21(2)14(23)24-15/h8-9H,3-7,10H2,1-2H3/t15-/m0/s1. The first-order valence-corrected chi connectivity index (χ1v) is 7.94. The Balaban J connectivity index is 1.80. The molecule has 2 aliphatic rings. The van der Waals surface area contributed by atoms with Crippen LogP contribution < -0.4 is 4.90 Å². The van der Waals surface area contributed by atoms with Gasteiger partial charge in [-0.3, -0.25) is 0 Å². The minimum Gasteiger partial charge on any atom is -0.441 e. The number of likely N-dealkylation sites (N-methyl/N-ethyl adjacent to an activating group) is 1. The first kappa shape index (κ1) is 16.9. The van der Waals surface area contributed by atoms with Crippen molar-refractivity contribution in [2.45, 2.75) is 38.0 Å². The molecule has 0 unspecified atom stereocenters. The smallest absolute Gasteiger partial charge is 0.416 e. The van der Waals surface area contributed by atoms with Gasteiger partial charge < -0.3 is 14.5 Å². The molecule has 1 atom stereocenters. The molecule has 2 aliphatic heterocycles. The number of aromatic nitrogens is 1. The Kier molecular flexibility index (Phi) is 4.09. The fourth-order valence-electron chi connectivity index (χ4n) is 3.43. The van der Waals surface area contributed by atoms with E-state index in [1.54, 1.807) is 18.9 Å². The minimum absolute atomic E-state index is 0.331. The number of anilines is 1. The van der Waals surface area contributed by atoms with Gasteiger partial charge in [-0.15, -0.1) is 0 Å². The average Bonchev–Trinajstić information content (AvgIpc) is 2.65. The van der Waals surface area contributed by atoms with Crippen LogP contribution in [0.25, 0.3) is 0 Å². The third-order valence-corrected chi connectivity index (χ3v) is 4.63. The summed E-state index contributed by atoms with van der Waals surface area (Å²) in [5.74, 6) is 0.331. The van der Waals surface area contributed by atoms with E-state index in [4.69, 9.17) is 4.74 Å². The van der Waals surface area contributed by atoms with Crippen molar-refractivity contribution in [3.63, 3.8) is 0 Å². The lowest BCUT2D eigenvalue weighted by Crippen LogP contribution is -2.35. The first-order valence-electron chi connectivity index (χ1n) is 7.94. The number of halogens is 3. The second-order valence-electron chi connectivity index (χ2n) is 6.60. The number of amides is 1. The van der Waals surface area contributed by atoms with Gasteiger partial charge in [-0.1, -0.05) is 0 Å². The number of hydrogen-bond donors (Lipinski definition) is 0. The zero-order valence-electron chi connectivity index (χ0n) is 13.7. The molecule has 0 aromatic carbocycles. The van der Waals surface area contributed by atoms with Crippen molar-refractivity contribution in [1.29, 1.82) is 0 Å². The van der Waals surface area contributed by atoms with Crippen molar-refractivity contribution in [1.82, 2.24) is 9.88 Å². The first-order chi connectivity index (χ1) is 11.2. The van der Waals surface area contributed by atoms with Crippen LogP contribution in [0.5, 0.6) is 0 Å². The molecular formula is C16H20F3N3O2. The third-order valence-electron chi connectivity index (χ3n) is 4.63. The highest BCUT2D eigenvalue weighted by Crippen LogP contribution is 2.35. The van der Waals surface area contributed by atoms with E-state index in [2.05, 4.69) is 4.98 Å². The molecule has 1 aromatic rings. The molecule has 2 fully saturated rings. The summed E-state index contributed by atoms with van der Waals surface area (Å²) < 4.78 is 44.6. The van der Waals surface area contributed by atoms with Gasteiger partial charge in [-0.05, 0) is 31.9 Å². The monoisotopic (exact) mass is 343 g/mol. The van der Waals surface area contributed by atoms with Crippen molar-refractivity contribution >= 4 is 11.9 Å². The van der Waals surface area contributed by atoms with Crippen LogP contribution >= 0.6 is 0 Å². The Morgan fingerprint density at radius 3 is 2.62 bits per heavy atom. The summed E-state index contributed by atoms with van der Waals surface area (Å²) in [6, 6.07) is 2.15. The molecule has 24 heavy (non-hydrogen) atoms. The van der Waals surface area contributed by atoms with Crippen molar-refractivity contribution in [2.75, 3.05) is 31.6 Å². The van der Waals surface area contributed by atoms with Crippen molar-refractivity contribution in [2.24, 2.45) is 0 Å². The Morgan fingerprint density at radius 2 is 2.00 bits per heavy atom. The molecule has 3 rings (SSSR count). The number of rotatable bonds is 1. The number of pyridine rings is 1. The molecule has 3 heterocycles. The highest BCUT2D eigenvalue weighted by atomic mass is 19.4. The molecule has 1 aromatic heterocycles. The van der Waals surface area contributed by atoms with Gasteiger partial charge in [0, 0.05) is 32.3 Å². The molecule has 0 aliphatic carbocycles. The minimum atomic E-state index is -4.39. The van der Waals surface area contributed by atoms with E-state index in [0.29, 0.717) is 44.0 Å². The predicted octanol–water partition coefficient (Wildman–Crippen LogP) is 3.22. The van der Waals surface area contributed by atoms with Gasteiger partial charge in [0.2, 0.25) is 0 Å². The summed E-state index contributed by atoms with van der Waals surface area (Å²) in [7, 11) is 1.69. The van der Waals surface area contributed by atoms with Gasteiger partial charge >= 0.3 is 12.3 Å². The summed E-state index contributed by atoms with van der Waals surface area (Å²) in [6.45, 7) is 3.19. The van der Waals surface area contributed by atoms with Crippen LogP contribution in [0.15, 0.2) is 12.1 Å². The number of carbonyl (C=O) groups is 1. The average molecular weight is 343 g/mol. The van der Waals surface area contributed by atoms with Crippen molar-refractivity contribution in [3.05, 3.63) is 23.4 Å². The zero-order valence-corrected chi connectivity index (χ0v) is 13.7. The fourth-order valence-corrected chi connectivity index (χ4v) is 3.43. The number of ether oxygens (including phenoxy) is 1. The van der Waals surface area contributed by atoms with Gasteiger partial charge in [-0.25, -0.2) is 9.78 Å². The fraction of sp³-hybridized carbons (Fsp3) is 0.625. The Bertz CT molecular complexity index is 650. The van der Waals surface area contributed by atoms with Crippen LogP contribution in [-0.4, -0.2) is 48.3 Å². The molecule has 1 spiro atoms. The number of carbonyl (C=O) groups excluding carboxylic acids is 1. The lowest BCUT2D eigenvalue weighted by atomic mass is 9.95. The van der Waals surface area contributed by atoms with E-state index in [1.807, 2.05) is 4.90 Å². The number of nitrogens with zero attached hydrogens (tertiary/aromatic N) is 3. The lowest BCUT2D eigenvalue weighted by Gasteiger charge is -2.26. The van der Waals surface area contributed by atoms with E-state index in [9.17, 15) is 18.0 Å². The summed E-state index contributed by atoms with van der Waals surface area (Å²) in [4.78, 5) is 19.3. The maximum atomic E-state index is 13.0. The lowest BCUT2D eigenvalue weighted by molar-refractivity contribution is -0.137. The Hall–Kier alpha value is -1.99. The van der Waals surface area contributed by atoms with Crippen molar-refractivity contribution in [3.8, 4) is 0 Å². The summed E-state index contributed by atoms with van der Waals surface area (Å²) in [5, 5.41) is 0. The van der Waals surface area contributed by atoms with E-state index in [0.717, 1.165) is 18.6 Å². The quantitative estimate of drug-likeness (QED) is 0.785. The molecular weight excluding hydrogens is 323 g/mol. The molecule has 8 heteroatoms. The second-order valence-corrected chi connectivity index (χ2v) is 6.60. The van der Waals surface area contributed by atoms with Gasteiger partial charge in [0.05, 0.1) is 12.1 Å². The molecule has 0 bridgehead atoms. The van der Waals surface area contributed by atoms with E-state index >= 15 is 0 Å². The maximum absolute atomic E-state index is 13.0. The van der Waals surface area contributed by atoms with Crippen LogP contribution in [0.2, 0.25) is 0 Å². The zero-order chi connectivity index (χ0) is 17.5. The molecule has 1 amide bonds. The summed E-state index contributed by atoms with van der Waals surface area (Å²) in [6.07, 6.45) is -2.70. The van der Waals surface area contributed by atoms with E-state index in [-0.39, 0.29) is 6.09 Å². The number of aryl methyl sites for hydroxylation is 1. The number of hydrogen-bond acceptors (Lipinski definition) is 4. The molecule has 5 nitrogen and oxygen atoms in total. The normalized spacial score (nSPS) is 25.1. The Labute approximate surface area is 138 Å². The van der Waals surface area contributed by atoms with Gasteiger partial charge in [0.1, 0.15) is 11.4 Å². The predicted molar refractivity (Wildman–Crippen MR) is 81.9 cm³/mol. The highest BCUT2D eigenvalue weighted by molar-refractivity contribution is 5.70. The van der Waals surface area contributed by atoms with Crippen LogP contribution in [0.1, 0.15) is 30.5 Å². The van der Waals surface area contributed by atoms with Crippen LogP contribution in [0.3, 0.4) is 0 Å². The van der Waals surface area contributed by atoms with E-state index in [1.165, 1.54) is 0 Å². The van der Waals surface area contributed by atoms with E-state index < -0.39 is 17.3 Å². The van der Waals surface area contributed by atoms with Crippen LogP contribution in [0.4, 0.5) is 23.8 Å².